The van der Waals surface area contributed by atoms with E-state index in [0.717, 1.165) is 15.7 Å². The molecule has 33 heavy (non-hydrogen) atoms. The lowest BCUT2D eigenvalue weighted by atomic mass is 10.1. The predicted octanol–water partition coefficient (Wildman–Crippen LogP) is 3.21. The number of carbonyl (C=O) groups excluding carboxylic acids is 1. The second-order valence-corrected chi connectivity index (χ2v) is 9.98. The summed E-state index contributed by atoms with van der Waals surface area (Å²) in [5, 5.41) is 0. The largest absolute Gasteiger partial charge is 0.449 e. The Hall–Kier alpha value is -2.92. The first-order valence-electron chi connectivity index (χ1n) is 10.4. The molecule has 1 fully saturated rings. The van der Waals surface area contributed by atoms with E-state index in [1.54, 1.807) is 30.3 Å². The average molecular weight is 481 g/mol. The minimum Gasteiger partial charge on any atom is -0.339 e. The van der Waals surface area contributed by atoms with Gasteiger partial charge in [-0.2, -0.15) is 17.5 Å². The van der Waals surface area contributed by atoms with Crippen molar-refractivity contribution in [3.63, 3.8) is 0 Å². The highest BCUT2D eigenvalue weighted by atomic mass is 32.2. The Morgan fingerprint density at radius 1 is 1.00 bits per heavy atom. The third kappa shape index (κ3) is 4.47. The maximum atomic E-state index is 13.5. The molecule has 1 aromatic heterocycles. The van der Waals surface area contributed by atoms with Crippen molar-refractivity contribution in [1.82, 2.24) is 18.8 Å². The number of amides is 1. The van der Waals surface area contributed by atoms with Gasteiger partial charge >= 0.3 is 6.18 Å². The lowest BCUT2D eigenvalue weighted by Crippen LogP contribution is -2.51. The summed E-state index contributed by atoms with van der Waals surface area (Å²) in [5.74, 6) is -1.65. The number of halogens is 3. The maximum Gasteiger partial charge on any atom is 0.449 e. The Bertz CT molecular complexity index is 1310. The van der Waals surface area contributed by atoms with Gasteiger partial charge in [-0.1, -0.05) is 18.2 Å². The highest BCUT2D eigenvalue weighted by Gasteiger charge is 2.38. The Labute approximate surface area is 189 Å². The van der Waals surface area contributed by atoms with Gasteiger partial charge in [0.25, 0.3) is 0 Å². The molecule has 0 saturated carbocycles. The smallest absolute Gasteiger partial charge is 0.339 e. The number of nitrogens with zero attached hydrogens (tertiary/aromatic N) is 4. The van der Waals surface area contributed by atoms with E-state index >= 15 is 0 Å². The molecule has 2 aromatic carbocycles. The van der Waals surface area contributed by atoms with Crippen molar-refractivity contribution in [2.45, 2.75) is 31.5 Å². The summed E-state index contributed by atoms with van der Waals surface area (Å²) < 4.78 is 68.6. The van der Waals surface area contributed by atoms with E-state index in [9.17, 15) is 26.4 Å². The molecule has 1 amide bonds. The van der Waals surface area contributed by atoms with Crippen LogP contribution in [-0.4, -0.2) is 59.3 Å². The normalized spacial score (nSPS) is 15.8. The molecule has 3 aromatic rings. The monoisotopic (exact) mass is 480 g/mol. The molecule has 1 aliphatic heterocycles. The Morgan fingerprint density at radius 3 is 2.30 bits per heavy atom. The molecule has 0 bridgehead atoms. The van der Waals surface area contributed by atoms with Crippen LogP contribution in [0.3, 0.4) is 0 Å². The van der Waals surface area contributed by atoms with Crippen LogP contribution < -0.4 is 0 Å². The van der Waals surface area contributed by atoms with Gasteiger partial charge in [-0.15, -0.1) is 0 Å². The quantitative estimate of drug-likeness (QED) is 0.575. The van der Waals surface area contributed by atoms with Gasteiger partial charge in [0.2, 0.25) is 21.8 Å². The van der Waals surface area contributed by atoms with E-state index in [0.29, 0.717) is 0 Å². The minimum atomic E-state index is -4.71. The maximum absolute atomic E-state index is 13.5. The molecule has 0 spiro atoms. The van der Waals surface area contributed by atoms with E-state index in [-0.39, 0.29) is 42.1 Å². The van der Waals surface area contributed by atoms with Crippen molar-refractivity contribution < 1.29 is 26.4 Å². The first-order valence-corrected chi connectivity index (χ1v) is 11.8. The van der Waals surface area contributed by atoms with Crippen molar-refractivity contribution in [3.05, 3.63) is 59.4 Å². The molecule has 2 heterocycles. The molecule has 1 saturated heterocycles. The zero-order chi connectivity index (χ0) is 24.0. The van der Waals surface area contributed by atoms with Crippen LogP contribution in [-0.2, 0) is 27.5 Å². The number of hydrogen-bond acceptors (Lipinski definition) is 4. The Kier molecular flexibility index (Phi) is 5.95. The molecule has 7 nitrogen and oxygen atoms in total. The van der Waals surface area contributed by atoms with Crippen molar-refractivity contribution in [1.29, 1.82) is 0 Å². The van der Waals surface area contributed by atoms with E-state index < -0.39 is 34.5 Å². The molecule has 0 unspecified atom stereocenters. The number of rotatable bonds is 4. The van der Waals surface area contributed by atoms with Gasteiger partial charge in [0, 0.05) is 26.2 Å². The average Bonchev–Trinajstić information content (AvgIpc) is 3.14. The third-order valence-electron chi connectivity index (χ3n) is 5.91. The first kappa shape index (κ1) is 23.2. The molecule has 0 atom stereocenters. The number of sulfonamides is 1. The zero-order valence-corrected chi connectivity index (χ0v) is 18.9. The van der Waals surface area contributed by atoms with Crippen molar-refractivity contribution in [2.24, 2.45) is 0 Å². The van der Waals surface area contributed by atoms with Crippen LogP contribution in [0.15, 0.2) is 47.4 Å². The second kappa shape index (κ2) is 8.45. The van der Waals surface area contributed by atoms with Crippen LogP contribution in [0, 0.1) is 13.8 Å². The summed E-state index contributed by atoms with van der Waals surface area (Å²) in [6.45, 7) is 3.52. The van der Waals surface area contributed by atoms with Gasteiger partial charge in [-0.3, -0.25) is 4.79 Å². The summed E-state index contributed by atoms with van der Waals surface area (Å²) in [6, 6.07) is 11.0. The van der Waals surface area contributed by atoms with E-state index in [2.05, 4.69) is 4.98 Å². The van der Waals surface area contributed by atoms with Crippen LogP contribution in [0.4, 0.5) is 13.2 Å². The number of carbonyl (C=O) groups is 1. The van der Waals surface area contributed by atoms with Gasteiger partial charge in [-0.25, -0.2) is 13.4 Å². The number of benzene rings is 2. The molecule has 0 N–H and O–H groups in total. The van der Waals surface area contributed by atoms with Crippen LogP contribution >= 0.6 is 0 Å². The number of hydrogen-bond donors (Lipinski definition) is 0. The van der Waals surface area contributed by atoms with Crippen LogP contribution in [0.1, 0.15) is 17.0 Å². The molecule has 1 aliphatic rings. The van der Waals surface area contributed by atoms with Gasteiger partial charge in [-0.05, 0) is 49.2 Å². The predicted molar refractivity (Wildman–Crippen MR) is 116 cm³/mol. The Morgan fingerprint density at radius 2 is 1.67 bits per heavy atom. The number of aromatic nitrogens is 2. The van der Waals surface area contributed by atoms with E-state index in [1.165, 1.54) is 21.3 Å². The van der Waals surface area contributed by atoms with Gasteiger partial charge in [0.05, 0.1) is 15.9 Å². The van der Waals surface area contributed by atoms with Gasteiger partial charge in [0.15, 0.2) is 0 Å². The summed E-state index contributed by atoms with van der Waals surface area (Å²) in [5.41, 5.74) is 2.21. The fourth-order valence-corrected chi connectivity index (χ4v) is 5.40. The summed E-state index contributed by atoms with van der Waals surface area (Å²) >= 11 is 0. The minimum absolute atomic E-state index is 0.0673. The van der Waals surface area contributed by atoms with E-state index in [1.807, 2.05) is 13.8 Å². The van der Waals surface area contributed by atoms with Crippen LogP contribution in [0.25, 0.3) is 11.0 Å². The fraction of sp³-hybridized carbons (Fsp3) is 0.364. The summed E-state index contributed by atoms with van der Waals surface area (Å²) in [6.07, 6.45) is -4.71. The third-order valence-corrected chi connectivity index (χ3v) is 7.80. The number of imidazole rings is 1. The molecular weight excluding hydrogens is 457 g/mol. The topological polar surface area (TPSA) is 75.5 Å². The molecule has 0 radical (unpaired) electrons. The summed E-state index contributed by atoms with van der Waals surface area (Å²) in [4.78, 5) is 18.1. The zero-order valence-electron chi connectivity index (χ0n) is 18.1. The molecule has 11 heteroatoms. The molecule has 4 rings (SSSR count). The van der Waals surface area contributed by atoms with Crippen molar-refractivity contribution in [2.75, 3.05) is 26.2 Å². The summed E-state index contributed by atoms with van der Waals surface area (Å²) in [7, 11) is -3.72. The number of piperazine rings is 1. The first-order chi connectivity index (χ1) is 15.5. The lowest BCUT2D eigenvalue weighted by molar-refractivity contribution is -0.148. The highest BCUT2D eigenvalue weighted by molar-refractivity contribution is 7.89. The number of alkyl halides is 3. The molecular formula is C22H23F3N4O3S. The number of para-hydroxylation sites is 2. The Balaban J connectivity index is 1.49. The van der Waals surface area contributed by atoms with Crippen molar-refractivity contribution >= 4 is 27.0 Å². The lowest BCUT2D eigenvalue weighted by Gasteiger charge is -2.34. The second-order valence-electron chi connectivity index (χ2n) is 8.04. The van der Waals surface area contributed by atoms with Crippen molar-refractivity contribution in [3.8, 4) is 0 Å². The van der Waals surface area contributed by atoms with Crippen LogP contribution in [0.2, 0.25) is 0 Å². The van der Waals surface area contributed by atoms with Crippen LogP contribution in [0.5, 0.6) is 0 Å². The number of aryl methyl sites for hydroxylation is 2. The number of fused-ring (bicyclic) bond motifs is 1. The van der Waals surface area contributed by atoms with Gasteiger partial charge < -0.3 is 9.47 Å². The fourth-order valence-electron chi connectivity index (χ4n) is 3.89. The van der Waals surface area contributed by atoms with E-state index in [4.69, 9.17) is 0 Å². The highest BCUT2D eigenvalue weighted by Crippen LogP contribution is 2.31. The van der Waals surface area contributed by atoms with Gasteiger partial charge in [0.1, 0.15) is 6.54 Å². The SMILES string of the molecule is Cc1ccc(S(=O)(=O)N2CCN(C(=O)Cn3c(C(F)(F)F)nc4ccccc43)CC2)cc1C. The molecule has 176 valence electrons. The molecule has 0 aliphatic carbocycles. The standard InChI is InChI=1S/C22H23F3N4O3S/c1-15-7-8-17(13-16(15)2)33(31,32)28-11-9-27(10-12-28)20(30)14-29-19-6-4-3-5-18(19)26-21(29)22(23,24)25/h3-8,13H,9-12,14H2,1-2H3.